The van der Waals surface area contributed by atoms with Crippen molar-refractivity contribution in [2.24, 2.45) is 0 Å². The number of hydrogen-bond acceptors (Lipinski definition) is 0. The largest absolute Gasteiger partial charge is 0.310 e. The molecule has 0 aliphatic rings. The summed E-state index contributed by atoms with van der Waals surface area (Å²) >= 11 is 2.66. The van der Waals surface area contributed by atoms with E-state index in [1.807, 2.05) is 0 Å². The predicted molar refractivity (Wildman–Crippen MR) is 34.0 cm³/mol. The molecule has 0 N–H and O–H groups in total. The standard InChI is InChI=1S/C5H7BrF4/c1-4(7,8)5(9,10)2-3-6/h2-3H2,1H3. The first kappa shape index (κ1) is 10.2. The van der Waals surface area contributed by atoms with Crippen molar-refractivity contribution in [1.82, 2.24) is 0 Å². The van der Waals surface area contributed by atoms with Crippen LogP contribution in [0.15, 0.2) is 0 Å². The number of hydrogen-bond donors (Lipinski definition) is 0. The number of rotatable bonds is 3. The van der Waals surface area contributed by atoms with Crippen molar-refractivity contribution in [2.45, 2.75) is 25.2 Å². The van der Waals surface area contributed by atoms with Gasteiger partial charge in [-0.25, -0.2) is 8.78 Å². The summed E-state index contributed by atoms with van der Waals surface area (Å²) in [5.41, 5.74) is 0. The molecular formula is C5H7BrF4. The fourth-order valence-corrected chi connectivity index (χ4v) is 0.836. The van der Waals surface area contributed by atoms with Crippen LogP contribution in [0.2, 0.25) is 0 Å². The van der Waals surface area contributed by atoms with Crippen LogP contribution < -0.4 is 0 Å². The van der Waals surface area contributed by atoms with Gasteiger partial charge in [0.2, 0.25) is 0 Å². The summed E-state index contributed by atoms with van der Waals surface area (Å²) in [6, 6.07) is 0. The maximum Gasteiger partial charge on any atom is 0.310 e. The first-order chi connectivity index (χ1) is 4.31. The van der Waals surface area contributed by atoms with Crippen LogP contribution in [0.3, 0.4) is 0 Å². The van der Waals surface area contributed by atoms with Gasteiger partial charge in [-0.05, 0) is 0 Å². The average molecular weight is 223 g/mol. The fourth-order valence-electron chi connectivity index (χ4n) is 0.338. The Kier molecular flexibility index (Phi) is 3.13. The van der Waals surface area contributed by atoms with Crippen molar-refractivity contribution in [3.63, 3.8) is 0 Å². The molecule has 0 radical (unpaired) electrons. The van der Waals surface area contributed by atoms with Crippen molar-refractivity contribution in [2.75, 3.05) is 5.33 Å². The summed E-state index contributed by atoms with van der Waals surface area (Å²) in [5.74, 6) is -7.81. The Morgan fingerprint density at radius 3 is 1.70 bits per heavy atom. The molecule has 0 aromatic carbocycles. The lowest BCUT2D eigenvalue weighted by Crippen LogP contribution is -2.37. The van der Waals surface area contributed by atoms with Gasteiger partial charge in [0, 0.05) is 18.7 Å². The summed E-state index contributed by atoms with van der Waals surface area (Å²) in [5, 5.41) is -0.122. The molecule has 0 saturated carbocycles. The van der Waals surface area contributed by atoms with E-state index in [0.717, 1.165) is 0 Å². The molecule has 0 aliphatic carbocycles. The van der Waals surface area contributed by atoms with Crippen LogP contribution in [0.25, 0.3) is 0 Å². The van der Waals surface area contributed by atoms with Gasteiger partial charge < -0.3 is 0 Å². The number of halogens is 5. The second kappa shape index (κ2) is 3.07. The molecule has 0 amide bonds. The molecule has 0 aromatic heterocycles. The molecule has 0 fully saturated rings. The minimum atomic E-state index is -3.92. The third kappa shape index (κ3) is 2.44. The van der Waals surface area contributed by atoms with Gasteiger partial charge >= 0.3 is 11.8 Å². The third-order valence-electron chi connectivity index (χ3n) is 1.05. The second-order valence-electron chi connectivity index (χ2n) is 2.03. The van der Waals surface area contributed by atoms with Gasteiger partial charge in [0.05, 0.1) is 0 Å². The second-order valence-corrected chi connectivity index (χ2v) is 2.82. The van der Waals surface area contributed by atoms with Crippen LogP contribution in [0, 0.1) is 0 Å². The first-order valence-electron chi connectivity index (χ1n) is 2.63. The van der Waals surface area contributed by atoms with Crippen molar-refractivity contribution in [3.8, 4) is 0 Å². The normalized spacial score (nSPS) is 13.8. The maximum absolute atomic E-state index is 12.2. The monoisotopic (exact) mass is 222 g/mol. The number of alkyl halides is 5. The lowest BCUT2D eigenvalue weighted by Gasteiger charge is -2.21. The van der Waals surface area contributed by atoms with Gasteiger partial charge in [0.15, 0.2) is 0 Å². The fraction of sp³-hybridized carbons (Fsp3) is 1.00. The molecule has 0 aliphatic heterocycles. The van der Waals surface area contributed by atoms with E-state index in [1.165, 1.54) is 0 Å². The highest BCUT2D eigenvalue weighted by molar-refractivity contribution is 9.09. The van der Waals surface area contributed by atoms with E-state index in [4.69, 9.17) is 0 Å². The highest BCUT2D eigenvalue weighted by Crippen LogP contribution is 2.36. The van der Waals surface area contributed by atoms with Crippen molar-refractivity contribution in [1.29, 1.82) is 0 Å². The Hall–Kier alpha value is 0.200. The predicted octanol–water partition coefficient (Wildman–Crippen LogP) is 3.06. The molecular weight excluding hydrogens is 216 g/mol. The molecule has 0 atom stereocenters. The molecule has 62 valence electrons. The molecule has 0 bridgehead atoms. The molecule has 0 spiro atoms. The smallest absolute Gasteiger partial charge is 0.200 e. The molecule has 0 aromatic rings. The summed E-state index contributed by atoms with van der Waals surface area (Å²) in [4.78, 5) is 0. The summed E-state index contributed by atoms with van der Waals surface area (Å²) in [7, 11) is 0. The maximum atomic E-state index is 12.2. The Morgan fingerprint density at radius 1 is 1.20 bits per heavy atom. The molecule has 0 heterocycles. The van der Waals surface area contributed by atoms with Gasteiger partial charge in [-0.3, -0.25) is 0 Å². The van der Waals surface area contributed by atoms with E-state index in [0.29, 0.717) is 0 Å². The topological polar surface area (TPSA) is 0 Å². The van der Waals surface area contributed by atoms with E-state index >= 15 is 0 Å². The van der Waals surface area contributed by atoms with E-state index in [-0.39, 0.29) is 12.3 Å². The summed E-state index contributed by atoms with van der Waals surface area (Å²) in [6.07, 6.45) is -0.837. The zero-order valence-corrected chi connectivity index (χ0v) is 6.89. The van der Waals surface area contributed by atoms with E-state index in [9.17, 15) is 17.6 Å². The van der Waals surface area contributed by atoms with E-state index in [2.05, 4.69) is 15.9 Å². The van der Waals surface area contributed by atoms with Gasteiger partial charge in [-0.1, -0.05) is 15.9 Å². The molecule has 0 unspecified atom stereocenters. The summed E-state index contributed by atoms with van der Waals surface area (Å²) in [6.45, 7) is 0.218. The highest BCUT2D eigenvalue weighted by Gasteiger charge is 2.50. The molecule has 0 nitrogen and oxygen atoms in total. The van der Waals surface area contributed by atoms with Gasteiger partial charge in [0.25, 0.3) is 0 Å². The highest BCUT2D eigenvalue weighted by atomic mass is 79.9. The van der Waals surface area contributed by atoms with Crippen LogP contribution >= 0.6 is 15.9 Å². The van der Waals surface area contributed by atoms with Crippen molar-refractivity contribution in [3.05, 3.63) is 0 Å². The Balaban J connectivity index is 4.10. The van der Waals surface area contributed by atoms with Crippen LogP contribution in [-0.2, 0) is 0 Å². The zero-order valence-electron chi connectivity index (χ0n) is 5.30. The van der Waals surface area contributed by atoms with Gasteiger partial charge in [-0.2, -0.15) is 8.78 Å². The molecule has 10 heavy (non-hydrogen) atoms. The van der Waals surface area contributed by atoms with E-state index < -0.39 is 18.3 Å². The minimum absolute atomic E-state index is 0.122. The van der Waals surface area contributed by atoms with Crippen molar-refractivity contribution < 1.29 is 17.6 Å². The first-order valence-corrected chi connectivity index (χ1v) is 3.75. The molecule has 0 rings (SSSR count). The average Bonchev–Trinajstić information content (AvgIpc) is 1.61. The Labute approximate surface area is 64.7 Å². The van der Waals surface area contributed by atoms with Crippen LogP contribution in [-0.4, -0.2) is 17.2 Å². The Morgan fingerprint density at radius 2 is 1.60 bits per heavy atom. The van der Waals surface area contributed by atoms with Gasteiger partial charge in [-0.15, -0.1) is 0 Å². The summed E-state index contributed by atoms with van der Waals surface area (Å²) < 4.78 is 48.1. The molecule has 5 heteroatoms. The van der Waals surface area contributed by atoms with Crippen LogP contribution in [0.4, 0.5) is 17.6 Å². The van der Waals surface area contributed by atoms with Crippen LogP contribution in [0.5, 0.6) is 0 Å². The van der Waals surface area contributed by atoms with Gasteiger partial charge in [0.1, 0.15) is 0 Å². The lowest BCUT2D eigenvalue weighted by molar-refractivity contribution is -0.197. The third-order valence-corrected chi connectivity index (χ3v) is 1.45. The minimum Gasteiger partial charge on any atom is -0.200 e. The zero-order chi connectivity index (χ0) is 8.41. The Bertz CT molecular complexity index is 107. The SMILES string of the molecule is CC(F)(F)C(F)(F)CCBr. The van der Waals surface area contributed by atoms with E-state index in [1.54, 1.807) is 0 Å². The van der Waals surface area contributed by atoms with Crippen LogP contribution in [0.1, 0.15) is 13.3 Å². The van der Waals surface area contributed by atoms with Crippen molar-refractivity contribution >= 4 is 15.9 Å². The molecule has 0 saturated heterocycles. The lowest BCUT2D eigenvalue weighted by atomic mass is 10.1. The quantitative estimate of drug-likeness (QED) is 0.509.